The Morgan fingerprint density at radius 3 is 3.00 bits per heavy atom. The molecule has 6 heteroatoms. The second kappa shape index (κ2) is 7.13. The molecule has 18 heavy (non-hydrogen) atoms. The number of rotatable bonds is 6. The predicted octanol–water partition coefficient (Wildman–Crippen LogP) is 0.666. The van der Waals surface area contributed by atoms with Crippen molar-refractivity contribution in [3.8, 4) is 5.88 Å². The van der Waals surface area contributed by atoms with E-state index in [4.69, 9.17) is 9.47 Å². The van der Waals surface area contributed by atoms with Gasteiger partial charge in [0.2, 0.25) is 5.88 Å². The predicted molar refractivity (Wildman–Crippen MR) is 68.9 cm³/mol. The molecular formula is C12H20N4O2. The number of hydrogen-bond acceptors (Lipinski definition) is 6. The van der Waals surface area contributed by atoms with Crippen molar-refractivity contribution < 1.29 is 9.47 Å². The minimum absolute atomic E-state index is 0.396. The molecule has 2 rings (SSSR count). The Bertz CT molecular complexity index is 356. The second-order valence-corrected chi connectivity index (χ2v) is 4.19. The molecule has 0 aromatic carbocycles. The standard InChI is InChI=1S/C12H20N4O2/c1-17-12-8-11(15-9-16-12)14-6-7-18-10-2-4-13-5-3-10/h8-10,13H,2-7H2,1H3,(H,14,15,16). The van der Waals surface area contributed by atoms with Gasteiger partial charge in [-0.3, -0.25) is 0 Å². The Hall–Kier alpha value is -1.40. The number of nitrogens with one attached hydrogen (secondary N) is 2. The Morgan fingerprint density at radius 1 is 1.39 bits per heavy atom. The van der Waals surface area contributed by atoms with Gasteiger partial charge in [-0.25, -0.2) is 9.97 Å². The highest BCUT2D eigenvalue weighted by molar-refractivity contribution is 5.36. The zero-order valence-electron chi connectivity index (χ0n) is 10.7. The molecule has 0 radical (unpaired) electrons. The maximum absolute atomic E-state index is 5.78. The van der Waals surface area contributed by atoms with Crippen LogP contribution in [-0.4, -0.2) is 49.4 Å². The fourth-order valence-corrected chi connectivity index (χ4v) is 1.91. The van der Waals surface area contributed by atoms with E-state index >= 15 is 0 Å². The van der Waals surface area contributed by atoms with Crippen LogP contribution in [0.5, 0.6) is 5.88 Å². The van der Waals surface area contributed by atoms with E-state index in [0.29, 0.717) is 18.6 Å². The molecule has 1 aromatic rings. The van der Waals surface area contributed by atoms with Gasteiger partial charge in [0.05, 0.1) is 19.8 Å². The molecule has 1 aromatic heterocycles. The summed E-state index contributed by atoms with van der Waals surface area (Å²) in [5.74, 6) is 1.32. The summed E-state index contributed by atoms with van der Waals surface area (Å²) in [6.07, 6.45) is 4.07. The van der Waals surface area contributed by atoms with Crippen LogP contribution in [0.3, 0.4) is 0 Å². The molecule has 1 aliphatic rings. The van der Waals surface area contributed by atoms with Gasteiger partial charge in [0.1, 0.15) is 12.1 Å². The largest absolute Gasteiger partial charge is 0.481 e. The van der Waals surface area contributed by atoms with Gasteiger partial charge < -0.3 is 20.1 Å². The topological polar surface area (TPSA) is 68.3 Å². The Morgan fingerprint density at radius 2 is 2.22 bits per heavy atom. The summed E-state index contributed by atoms with van der Waals surface area (Å²) < 4.78 is 10.8. The Balaban J connectivity index is 1.65. The van der Waals surface area contributed by atoms with Gasteiger partial charge in [0.15, 0.2) is 0 Å². The lowest BCUT2D eigenvalue weighted by Crippen LogP contribution is -2.33. The van der Waals surface area contributed by atoms with E-state index in [0.717, 1.165) is 38.3 Å². The fourth-order valence-electron chi connectivity index (χ4n) is 1.91. The Labute approximate surface area is 107 Å². The van der Waals surface area contributed by atoms with Crippen molar-refractivity contribution in [3.63, 3.8) is 0 Å². The molecule has 2 N–H and O–H groups in total. The summed E-state index contributed by atoms with van der Waals surface area (Å²) in [7, 11) is 1.59. The summed E-state index contributed by atoms with van der Waals surface area (Å²) in [5.41, 5.74) is 0. The van der Waals surface area contributed by atoms with E-state index in [1.54, 1.807) is 13.2 Å². The van der Waals surface area contributed by atoms with Crippen LogP contribution in [0.1, 0.15) is 12.8 Å². The van der Waals surface area contributed by atoms with Gasteiger partial charge in [-0.05, 0) is 25.9 Å². The number of anilines is 1. The first kappa shape index (κ1) is 13.0. The van der Waals surface area contributed by atoms with E-state index in [-0.39, 0.29) is 0 Å². The molecule has 1 fully saturated rings. The third-order valence-electron chi connectivity index (χ3n) is 2.90. The van der Waals surface area contributed by atoms with Crippen LogP contribution < -0.4 is 15.4 Å². The van der Waals surface area contributed by atoms with E-state index < -0.39 is 0 Å². The quantitative estimate of drug-likeness (QED) is 0.725. The number of aromatic nitrogens is 2. The lowest BCUT2D eigenvalue weighted by atomic mass is 10.1. The number of methoxy groups -OCH3 is 1. The van der Waals surface area contributed by atoms with Crippen LogP contribution in [-0.2, 0) is 4.74 Å². The third-order valence-corrected chi connectivity index (χ3v) is 2.90. The summed E-state index contributed by atoms with van der Waals surface area (Å²) in [4.78, 5) is 8.05. The summed E-state index contributed by atoms with van der Waals surface area (Å²) >= 11 is 0. The lowest BCUT2D eigenvalue weighted by molar-refractivity contribution is 0.0394. The zero-order valence-corrected chi connectivity index (χ0v) is 10.7. The Kier molecular flexibility index (Phi) is 5.16. The highest BCUT2D eigenvalue weighted by Gasteiger charge is 2.12. The van der Waals surface area contributed by atoms with Crippen LogP contribution in [0.2, 0.25) is 0 Å². The summed E-state index contributed by atoms with van der Waals surface area (Å²) in [5, 5.41) is 6.50. The minimum atomic E-state index is 0.396. The van der Waals surface area contributed by atoms with Crippen molar-refractivity contribution in [2.24, 2.45) is 0 Å². The van der Waals surface area contributed by atoms with Crippen molar-refractivity contribution in [2.75, 3.05) is 38.7 Å². The van der Waals surface area contributed by atoms with Crippen molar-refractivity contribution in [2.45, 2.75) is 18.9 Å². The molecule has 1 aliphatic heterocycles. The lowest BCUT2D eigenvalue weighted by Gasteiger charge is -2.22. The molecule has 6 nitrogen and oxygen atoms in total. The van der Waals surface area contributed by atoms with Crippen molar-refractivity contribution in [1.82, 2.24) is 15.3 Å². The van der Waals surface area contributed by atoms with Crippen LogP contribution in [0.4, 0.5) is 5.82 Å². The van der Waals surface area contributed by atoms with Crippen LogP contribution in [0.15, 0.2) is 12.4 Å². The van der Waals surface area contributed by atoms with Gasteiger partial charge in [-0.15, -0.1) is 0 Å². The van der Waals surface area contributed by atoms with Gasteiger partial charge in [-0.2, -0.15) is 0 Å². The summed E-state index contributed by atoms with van der Waals surface area (Å²) in [6.45, 7) is 3.55. The normalized spacial score (nSPS) is 16.5. The second-order valence-electron chi connectivity index (χ2n) is 4.19. The molecule has 0 aliphatic carbocycles. The highest BCUT2D eigenvalue weighted by Crippen LogP contribution is 2.10. The number of nitrogens with zero attached hydrogens (tertiary/aromatic N) is 2. The molecule has 0 bridgehead atoms. The molecule has 0 amide bonds. The molecule has 0 atom stereocenters. The van der Waals surface area contributed by atoms with Gasteiger partial charge in [-0.1, -0.05) is 0 Å². The van der Waals surface area contributed by atoms with Gasteiger partial charge in [0.25, 0.3) is 0 Å². The first-order valence-corrected chi connectivity index (χ1v) is 6.30. The van der Waals surface area contributed by atoms with Crippen molar-refractivity contribution in [1.29, 1.82) is 0 Å². The van der Waals surface area contributed by atoms with Crippen LogP contribution in [0, 0.1) is 0 Å². The zero-order chi connectivity index (χ0) is 12.6. The molecule has 100 valence electrons. The average molecular weight is 252 g/mol. The number of hydrogen-bond donors (Lipinski definition) is 2. The molecule has 0 unspecified atom stereocenters. The molecule has 0 saturated carbocycles. The van der Waals surface area contributed by atoms with E-state index in [2.05, 4.69) is 20.6 Å². The first-order valence-electron chi connectivity index (χ1n) is 6.30. The number of piperidine rings is 1. The van der Waals surface area contributed by atoms with Gasteiger partial charge in [0, 0.05) is 12.6 Å². The van der Waals surface area contributed by atoms with E-state index in [9.17, 15) is 0 Å². The van der Waals surface area contributed by atoms with Gasteiger partial charge >= 0.3 is 0 Å². The molecule has 0 spiro atoms. The van der Waals surface area contributed by atoms with E-state index in [1.807, 2.05) is 0 Å². The molecule has 1 saturated heterocycles. The summed E-state index contributed by atoms with van der Waals surface area (Å²) in [6, 6.07) is 1.77. The first-order chi connectivity index (χ1) is 8.88. The maximum atomic E-state index is 5.78. The fraction of sp³-hybridized carbons (Fsp3) is 0.667. The maximum Gasteiger partial charge on any atom is 0.218 e. The minimum Gasteiger partial charge on any atom is -0.481 e. The molecule has 2 heterocycles. The number of ether oxygens (including phenoxy) is 2. The SMILES string of the molecule is COc1cc(NCCOC2CCNCC2)ncn1. The smallest absolute Gasteiger partial charge is 0.218 e. The monoisotopic (exact) mass is 252 g/mol. The third kappa shape index (κ3) is 4.12. The molecular weight excluding hydrogens is 232 g/mol. The van der Waals surface area contributed by atoms with Crippen LogP contribution in [0.25, 0.3) is 0 Å². The average Bonchev–Trinajstić information content (AvgIpc) is 2.45. The van der Waals surface area contributed by atoms with E-state index in [1.165, 1.54) is 6.33 Å². The van der Waals surface area contributed by atoms with Crippen molar-refractivity contribution >= 4 is 5.82 Å². The van der Waals surface area contributed by atoms with Crippen LogP contribution >= 0.6 is 0 Å². The highest BCUT2D eigenvalue weighted by atomic mass is 16.5. The van der Waals surface area contributed by atoms with Crippen molar-refractivity contribution in [3.05, 3.63) is 12.4 Å².